The van der Waals surface area contributed by atoms with E-state index in [0.29, 0.717) is 34.5 Å². The number of hydrogen-bond acceptors (Lipinski definition) is 4. The monoisotopic (exact) mass is 332 g/mol. The van der Waals surface area contributed by atoms with E-state index >= 15 is 0 Å². The van der Waals surface area contributed by atoms with Crippen LogP contribution in [0.3, 0.4) is 0 Å². The summed E-state index contributed by atoms with van der Waals surface area (Å²) in [6.45, 7) is 0.671. The van der Waals surface area contributed by atoms with Crippen LogP contribution in [-0.2, 0) is 4.79 Å². The Balaban J connectivity index is 1.68. The predicted molar refractivity (Wildman–Crippen MR) is 73.6 cm³/mol. The first kappa shape index (κ1) is 13.5. The molecule has 1 saturated carbocycles. The van der Waals surface area contributed by atoms with E-state index in [0.717, 1.165) is 19.3 Å². The highest BCUT2D eigenvalue weighted by molar-refractivity contribution is 9.10. The Morgan fingerprint density at radius 2 is 2.28 bits per heavy atom. The Labute approximate surface area is 119 Å². The highest BCUT2D eigenvalue weighted by atomic mass is 79.9. The van der Waals surface area contributed by atoms with E-state index in [9.17, 15) is 4.79 Å². The smallest absolute Gasteiger partial charge is 0.220 e. The van der Waals surface area contributed by atoms with Crippen LogP contribution in [0.4, 0.5) is 5.82 Å². The fraction of sp³-hybridized carbons (Fsp3) is 0.545. The van der Waals surface area contributed by atoms with Gasteiger partial charge in [0.15, 0.2) is 0 Å². The van der Waals surface area contributed by atoms with Gasteiger partial charge in [0.05, 0.1) is 4.47 Å². The van der Waals surface area contributed by atoms with Crippen LogP contribution in [0.5, 0.6) is 0 Å². The third-order valence-corrected chi connectivity index (χ3v) is 3.83. The van der Waals surface area contributed by atoms with E-state index in [1.165, 1.54) is 6.33 Å². The van der Waals surface area contributed by atoms with Crippen LogP contribution in [0.15, 0.2) is 10.8 Å². The minimum atomic E-state index is 0.124. The summed E-state index contributed by atoms with van der Waals surface area (Å²) in [5.41, 5.74) is 0. The van der Waals surface area contributed by atoms with Crippen molar-refractivity contribution in [1.29, 1.82) is 0 Å². The number of amides is 1. The van der Waals surface area contributed by atoms with Gasteiger partial charge in [-0.3, -0.25) is 4.79 Å². The zero-order chi connectivity index (χ0) is 13.0. The van der Waals surface area contributed by atoms with Gasteiger partial charge in [-0.05, 0) is 35.2 Å². The summed E-state index contributed by atoms with van der Waals surface area (Å²) in [6, 6.07) is 0.431. The maximum absolute atomic E-state index is 11.4. The molecule has 0 unspecified atom stereocenters. The lowest BCUT2D eigenvalue weighted by Gasteiger charge is -2.07. The zero-order valence-corrected chi connectivity index (χ0v) is 12.1. The average molecular weight is 334 g/mol. The van der Waals surface area contributed by atoms with Crippen LogP contribution < -0.4 is 10.6 Å². The predicted octanol–water partition coefficient (Wildman–Crippen LogP) is 2.36. The molecule has 1 heterocycles. The SMILES string of the molecule is O=C(CCCNc1ncnc(Cl)c1Br)NC1CC1. The third kappa shape index (κ3) is 4.10. The maximum Gasteiger partial charge on any atom is 0.220 e. The first-order valence-corrected chi connectivity index (χ1v) is 7.03. The lowest BCUT2D eigenvalue weighted by Crippen LogP contribution is -2.25. The molecule has 2 N–H and O–H groups in total. The fourth-order valence-electron chi connectivity index (χ4n) is 1.45. The van der Waals surface area contributed by atoms with Crippen molar-refractivity contribution in [2.24, 2.45) is 0 Å². The van der Waals surface area contributed by atoms with Gasteiger partial charge < -0.3 is 10.6 Å². The molecule has 0 aliphatic heterocycles. The molecule has 1 aliphatic rings. The molecule has 1 fully saturated rings. The zero-order valence-electron chi connectivity index (χ0n) is 9.75. The molecule has 18 heavy (non-hydrogen) atoms. The van der Waals surface area contributed by atoms with Crippen molar-refractivity contribution < 1.29 is 4.79 Å². The van der Waals surface area contributed by atoms with Gasteiger partial charge in [0.25, 0.3) is 0 Å². The standard InChI is InChI=1S/C11H14BrClN4O/c12-9-10(13)15-6-16-11(9)14-5-1-2-8(18)17-7-3-4-7/h6-7H,1-5H2,(H,17,18)(H,14,15,16). The second kappa shape index (κ2) is 6.33. The molecule has 0 spiro atoms. The Kier molecular flexibility index (Phi) is 4.77. The Bertz CT molecular complexity index is 439. The Morgan fingerprint density at radius 3 is 3.00 bits per heavy atom. The number of nitrogens with zero attached hydrogens (tertiary/aromatic N) is 2. The molecular formula is C11H14BrClN4O. The largest absolute Gasteiger partial charge is 0.369 e. The van der Waals surface area contributed by atoms with Gasteiger partial charge in [0, 0.05) is 19.0 Å². The minimum Gasteiger partial charge on any atom is -0.369 e. The van der Waals surface area contributed by atoms with Gasteiger partial charge in [-0.15, -0.1) is 0 Å². The molecule has 0 atom stereocenters. The summed E-state index contributed by atoms with van der Waals surface area (Å²) < 4.78 is 0.647. The number of rotatable bonds is 6. The van der Waals surface area contributed by atoms with Crippen molar-refractivity contribution in [3.8, 4) is 0 Å². The Hall–Kier alpha value is -0.880. The molecular weight excluding hydrogens is 320 g/mol. The first-order chi connectivity index (χ1) is 8.66. The van der Waals surface area contributed by atoms with E-state index < -0.39 is 0 Å². The molecule has 7 heteroatoms. The van der Waals surface area contributed by atoms with Gasteiger partial charge in [-0.1, -0.05) is 11.6 Å². The quantitative estimate of drug-likeness (QED) is 0.619. The summed E-state index contributed by atoms with van der Waals surface area (Å²) in [6.07, 6.45) is 4.93. The molecule has 0 bridgehead atoms. The van der Waals surface area contributed by atoms with Crippen LogP contribution in [0.2, 0.25) is 5.15 Å². The second-order valence-corrected chi connectivity index (χ2v) is 5.35. The van der Waals surface area contributed by atoms with Gasteiger partial charge >= 0.3 is 0 Å². The van der Waals surface area contributed by atoms with Gasteiger partial charge in [0.1, 0.15) is 17.3 Å². The molecule has 0 radical (unpaired) electrons. The van der Waals surface area contributed by atoms with Crippen LogP contribution in [0, 0.1) is 0 Å². The van der Waals surface area contributed by atoms with E-state index in [4.69, 9.17) is 11.6 Å². The number of halogens is 2. The lowest BCUT2D eigenvalue weighted by atomic mass is 10.3. The summed E-state index contributed by atoms with van der Waals surface area (Å²) in [4.78, 5) is 19.3. The number of carbonyl (C=O) groups excluding carboxylic acids is 1. The van der Waals surface area contributed by atoms with Crippen LogP contribution in [0.25, 0.3) is 0 Å². The molecule has 1 amide bonds. The highest BCUT2D eigenvalue weighted by Crippen LogP contribution is 2.25. The van der Waals surface area contributed by atoms with Crippen LogP contribution in [0.1, 0.15) is 25.7 Å². The summed E-state index contributed by atoms with van der Waals surface area (Å²) >= 11 is 9.14. The topological polar surface area (TPSA) is 66.9 Å². The van der Waals surface area contributed by atoms with Crippen molar-refractivity contribution in [1.82, 2.24) is 15.3 Å². The van der Waals surface area contributed by atoms with E-state index in [1.807, 2.05) is 0 Å². The van der Waals surface area contributed by atoms with Crippen molar-refractivity contribution >= 4 is 39.3 Å². The number of anilines is 1. The first-order valence-electron chi connectivity index (χ1n) is 5.86. The molecule has 1 aromatic rings. The van der Waals surface area contributed by atoms with Crippen molar-refractivity contribution in [2.75, 3.05) is 11.9 Å². The fourth-order valence-corrected chi connectivity index (χ4v) is 1.93. The molecule has 1 aromatic heterocycles. The summed E-state index contributed by atoms with van der Waals surface area (Å²) in [7, 11) is 0. The van der Waals surface area contributed by atoms with E-state index in [2.05, 4.69) is 36.5 Å². The minimum absolute atomic E-state index is 0.124. The van der Waals surface area contributed by atoms with Gasteiger partial charge in [-0.2, -0.15) is 0 Å². The summed E-state index contributed by atoms with van der Waals surface area (Å²) in [5, 5.41) is 6.44. The van der Waals surface area contributed by atoms with E-state index in [-0.39, 0.29) is 5.91 Å². The van der Waals surface area contributed by atoms with Crippen LogP contribution >= 0.6 is 27.5 Å². The molecule has 5 nitrogen and oxygen atoms in total. The van der Waals surface area contributed by atoms with Crippen molar-refractivity contribution in [3.63, 3.8) is 0 Å². The van der Waals surface area contributed by atoms with Gasteiger partial charge in [0.2, 0.25) is 5.91 Å². The third-order valence-electron chi connectivity index (χ3n) is 2.56. The molecule has 2 rings (SSSR count). The molecule has 1 aliphatic carbocycles. The van der Waals surface area contributed by atoms with Crippen molar-refractivity contribution in [2.45, 2.75) is 31.7 Å². The van der Waals surface area contributed by atoms with E-state index in [1.54, 1.807) is 0 Å². The summed E-state index contributed by atoms with van der Waals surface area (Å²) in [5.74, 6) is 0.775. The highest BCUT2D eigenvalue weighted by Gasteiger charge is 2.22. The van der Waals surface area contributed by atoms with Crippen molar-refractivity contribution in [3.05, 3.63) is 16.0 Å². The maximum atomic E-state index is 11.4. The van der Waals surface area contributed by atoms with Gasteiger partial charge in [-0.25, -0.2) is 9.97 Å². The lowest BCUT2D eigenvalue weighted by molar-refractivity contribution is -0.121. The average Bonchev–Trinajstić information content (AvgIpc) is 3.13. The second-order valence-electron chi connectivity index (χ2n) is 4.20. The molecule has 98 valence electrons. The number of hydrogen-bond donors (Lipinski definition) is 2. The number of carbonyl (C=O) groups is 1. The number of nitrogens with one attached hydrogen (secondary N) is 2. The normalized spacial score (nSPS) is 14.3. The van der Waals surface area contributed by atoms with Crippen LogP contribution in [-0.4, -0.2) is 28.5 Å². The number of aromatic nitrogens is 2. The molecule has 0 saturated heterocycles. The Morgan fingerprint density at radius 1 is 1.50 bits per heavy atom. The molecule has 0 aromatic carbocycles.